The van der Waals surface area contributed by atoms with Crippen molar-refractivity contribution < 1.29 is 9.90 Å². The molecule has 2 aliphatic rings. The van der Waals surface area contributed by atoms with Crippen LogP contribution in [0.15, 0.2) is 24.3 Å². The normalized spacial score (nSPS) is 29.2. The van der Waals surface area contributed by atoms with E-state index in [0.717, 1.165) is 32.4 Å². The molecule has 4 heteroatoms. The first kappa shape index (κ1) is 13.4. The fourth-order valence-corrected chi connectivity index (χ4v) is 3.61. The van der Waals surface area contributed by atoms with Crippen molar-refractivity contribution in [3.05, 3.63) is 29.8 Å². The number of para-hydroxylation sites is 1. The molecular weight excluding hydrogens is 252 g/mol. The second-order valence-electron chi connectivity index (χ2n) is 6.20. The predicted octanol–water partition coefficient (Wildman–Crippen LogP) is 1.52. The van der Waals surface area contributed by atoms with E-state index in [4.69, 9.17) is 5.73 Å². The van der Waals surface area contributed by atoms with Crippen LogP contribution in [-0.4, -0.2) is 35.0 Å². The molecule has 3 N–H and O–H groups in total. The maximum Gasteiger partial charge on any atom is 0.227 e. The largest absolute Gasteiger partial charge is 0.508 e. The smallest absolute Gasteiger partial charge is 0.227 e. The van der Waals surface area contributed by atoms with Gasteiger partial charge in [-0.15, -0.1) is 0 Å². The summed E-state index contributed by atoms with van der Waals surface area (Å²) in [5.74, 6) is 1.53. The van der Waals surface area contributed by atoms with Crippen molar-refractivity contribution in [2.75, 3.05) is 13.1 Å². The zero-order valence-electron chi connectivity index (χ0n) is 11.7. The second kappa shape index (κ2) is 5.44. The van der Waals surface area contributed by atoms with Crippen molar-refractivity contribution in [2.24, 2.45) is 17.6 Å². The number of rotatable bonds is 2. The average Bonchev–Trinajstić information content (AvgIpc) is 2.84. The maximum atomic E-state index is 12.4. The van der Waals surface area contributed by atoms with Crippen LogP contribution in [0.2, 0.25) is 0 Å². The number of nitrogens with two attached hydrogens (primary N) is 1. The third kappa shape index (κ3) is 2.66. The number of fused-ring (bicyclic) bond motifs is 1. The second-order valence-corrected chi connectivity index (χ2v) is 6.20. The lowest BCUT2D eigenvalue weighted by atomic mass is 9.79. The van der Waals surface area contributed by atoms with E-state index in [-0.39, 0.29) is 18.1 Å². The lowest BCUT2D eigenvalue weighted by Gasteiger charge is -2.27. The maximum absolute atomic E-state index is 12.4. The molecule has 20 heavy (non-hydrogen) atoms. The number of likely N-dealkylation sites (tertiary alicyclic amines) is 1. The van der Waals surface area contributed by atoms with Crippen LogP contribution in [0.1, 0.15) is 24.8 Å². The van der Waals surface area contributed by atoms with Gasteiger partial charge in [0.25, 0.3) is 0 Å². The van der Waals surface area contributed by atoms with E-state index in [1.54, 1.807) is 12.1 Å². The minimum atomic E-state index is 0.120. The third-order valence-corrected chi connectivity index (χ3v) is 4.78. The highest BCUT2D eigenvalue weighted by atomic mass is 16.3. The van der Waals surface area contributed by atoms with Crippen LogP contribution in [-0.2, 0) is 11.2 Å². The van der Waals surface area contributed by atoms with E-state index in [0.29, 0.717) is 23.4 Å². The predicted molar refractivity (Wildman–Crippen MR) is 77.2 cm³/mol. The minimum absolute atomic E-state index is 0.120. The summed E-state index contributed by atoms with van der Waals surface area (Å²) in [5, 5.41) is 9.76. The van der Waals surface area contributed by atoms with E-state index in [1.165, 1.54) is 0 Å². The zero-order chi connectivity index (χ0) is 14.1. The SMILES string of the molecule is NC1CC[C@@H]2CN(C(=O)Cc3ccccc3O)C[C@@H]2C1. The van der Waals surface area contributed by atoms with Crippen molar-refractivity contribution in [1.82, 2.24) is 4.90 Å². The molecule has 0 radical (unpaired) electrons. The lowest BCUT2D eigenvalue weighted by molar-refractivity contribution is -0.129. The number of phenols is 1. The van der Waals surface area contributed by atoms with Gasteiger partial charge in [-0.3, -0.25) is 4.79 Å². The van der Waals surface area contributed by atoms with Crippen LogP contribution in [0, 0.1) is 11.8 Å². The van der Waals surface area contributed by atoms with Gasteiger partial charge in [-0.2, -0.15) is 0 Å². The van der Waals surface area contributed by atoms with E-state index in [9.17, 15) is 9.90 Å². The van der Waals surface area contributed by atoms with Crippen molar-refractivity contribution >= 4 is 5.91 Å². The molecule has 1 aromatic rings. The van der Waals surface area contributed by atoms with Gasteiger partial charge in [-0.05, 0) is 37.2 Å². The fourth-order valence-electron chi connectivity index (χ4n) is 3.61. The molecule has 1 aliphatic carbocycles. The van der Waals surface area contributed by atoms with Crippen LogP contribution in [0.5, 0.6) is 5.75 Å². The van der Waals surface area contributed by atoms with Crippen LogP contribution >= 0.6 is 0 Å². The molecule has 0 bridgehead atoms. The molecule has 108 valence electrons. The van der Waals surface area contributed by atoms with Gasteiger partial charge in [0.2, 0.25) is 5.91 Å². The molecule has 2 fully saturated rings. The van der Waals surface area contributed by atoms with E-state index >= 15 is 0 Å². The Hall–Kier alpha value is -1.55. The minimum Gasteiger partial charge on any atom is -0.508 e. The summed E-state index contributed by atoms with van der Waals surface area (Å²) in [4.78, 5) is 14.3. The highest BCUT2D eigenvalue weighted by molar-refractivity contribution is 5.79. The van der Waals surface area contributed by atoms with Crippen molar-refractivity contribution in [3.8, 4) is 5.75 Å². The molecule has 1 aromatic carbocycles. The molecule has 4 nitrogen and oxygen atoms in total. The Morgan fingerprint density at radius 2 is 2.00 bits per heavy atom. The zero-order valence-corrected chi connectivity index (χ0v) is 11.7. The van der Waals surface area contributed by atoms with Gasteiger partial charge in [0, 0.05) is 24.7 Å². The first-order chi connectivity index (χ1) is 9.63. The molecule has 3 rings (SSSR count). The Kier molecular flexibility index (Phi) is 3.66. The van der Waals surface area contributed by atoms with Crippen molar-refractivity contribution in [1.29, 1.82) is 0 Å². The van der Waals surface area contributed by atoms with Crippen molar-refractivity contribution in [3.63, 3.8) is 0 Å². The number of amides is 1. The van der Waals surface area contributed by atoms with Crippen molar-refractivity contribution in [2.45, 2.75) is 31.7 Å². The summed E-state index contributed by atoms with van der Waals surface area (Å²) in [6.45, 7) is 1.70. The van der Waals surface area contributed by atoms with Gasteiger partial charge < -0.3 is 15.7 Å². The molecule has 0 spiro atoms. The van der Waals surface area contributed by atoms with E-state index in [1.807, 2.05) is 17.0 Å². The number of hydrogen-bond acceptors (Lipinski definition) is 3. The highest BCUT2D eigenvalue weighted by Gasteiger charge is 2.38. The number of nitrogens with zero attached hydrogens (tertiary/aromatic N) is 1. The van der Waals surface area contributed by atoms with Gasteiger partial charge in [-0.25, -0.2) is 0 Å². The van der Waals surface area contributed by atoms with E-state index in [2.05, 4.69) is 0 Å². The number of benzene rings is 1. The van der Waals surface area contributed by atoms with Crippen LogP contribution < -0.4 is 5.73 Å². The number of hydrogen-bond donors (Lipinski definition) is 2. The summed E-state index contributed by atoms with van der Waals surface area (Å²) >= 11 is 0. The molecule has 1 amide bonds. The summed E-state index contributed by atoms with van der Waals surface area (Å²) in [5.41, 5.74) is 6.73. The molecule has 1 saturated carbocycles. The Morgan fingerprint density at radius 3 is 2.80 bits per heavy atom. The topological polar surface area (TPSA) is 66.6 Å². The number of carbonyl (C=O) groups excluding carboxylic acids is 1. The van der Waals surface area contributed by atoms with Crippen LogP contribution in [0.25, 0.3) is 0 Å². The highest BCUT2D eigenvalue weighted by Crippen LogP contribution is 2.36. The molecular formula is C16H22N2O2. The monoisotopic (exact) mass is 274 g/mol. The Balaban J connectivity index is 1.63. The Bertz CT molecular complexity index is 503. The molecule has 0 aromatic heterocycles. The summed E-state index contributed by atoms with van der Waals surface area (Å²) in [6, 6.07) is 7.38. The Labute approximate surface area is 119 Å². The molecule has 3 atom stereocenters. The first-order valence-electron chi connectivity index (χ1n) is 7.43. The van der Waals surface area contributed by atoms with Crippen LogP contribution in [0.4, 0.5) is 0 Å². The van der Waals surface area contributed by atoms with Gasteiger partial charge >= 0.3 is 0 Å². The third-order valence-electron chi connectivity index (χ3n) is 4.78. The van der Waals surface area contributed by atoms with Gasteiger partial charge in [-0.1, -0.05) is 18.2 Å². The standard InChI is InChI=1S/C16H22N2O2/c17-14-6-5-12-9-18(10-13(12)7-14)16(20)8-11-3-1-2-4-15(11)19/h1-4,12-14,19H,5-10,17H2/t12-,13+,14?/m1/s1. The molecule has 1 unspecified atom stereocenters. The summed E-state index contributed by atoms with van der Waals surface area (Å²) < 4.78 is 0. The number of phenolic OH excluding ortho intramolecular Hbond substituents is 1. The van der Waals surface area contributed by atoms with Gasteiger partial charge in [0.15, 0.2) is 0 Å². The molecule has 1 aliphatic heterocycles. The van der Waals surface area contributed by atoms with E-state index < -0.39 is 0 Å². The van der Waals surface area contributed by atoms with Gasteiger partial charge in [0.1, 0.15) is 5.75 Å². The molecule has 1 heterocycles. The fraction of sp³-hybridized carbons (Fsp3) is 0.562. The quantitative estimate of drug-likeness (QED) is 0.859. The summed E-state index contributed by atoms with van der Waals surface area (Å²) in [7, 11) is 0. The number of carbonyl (C=O) groups is 1. The van der Waals surface area contributed by atoms with Crippen LogP contribution in [0.3, 0.4) is 0 Å². The van der Waals surface area contributed by atoms with Gasteiger partial charge in [0.05, 0.1) is 6.42 Å². The Morgan fingerprint density at radius 1 is 1.25 bits per heavy atom. The average molecular weight is 274 g/mol. The lowest BCUT2D eigenvalue weighted by Crippen LogP contribution is -2.32. The summed E-state index contributed by atoms with van der Waals surface area (Å²) in [6.07, 6.45) is 3.57. The first-order valence-corrected chi connectivity index (χ1v) is 7.43. The number of aromatic hydroxyl groups is 1. The molecule has 1 saturated heterocycles.